The van der Waals surface area contributed by atoms with Crippen LogP contribution >= 0.6 is 0 Å². The van der Waals surface area contributed by atoms with E-state index < -0.39 is 12.0 Å². The molecule has 0 bridgehead atoms. The Bertz CT molecular complexity index is 459. The molecule has 1 aromatic carbocycles. The topological polar surface area (TPSA) is 75.6 Å². The van der Waals surface area contributed by atoms with Gasteiger partial charge in [-0.15, -0.1) is 0 Å². The van der Waals surface area contributed by atoms with Crippen LogP contribution in [0.25, 0.3) is 0 Å². The van der Waals surface area contributed by atoms with Crippen LogP contribution < -0.4 is 10.1 Å². The summed E-state index contributed by atoms with van der Waals surface area (Å²) >= 11 is 0. The number of rotatable bonds is 6. The predicted octanol–water partition coefficient (Wildman–Crippen LogP) is 1.78. The van der Waals surface area contributed by atoms with Gasteiger partial charge in [-0.05, 0) is 30.5 Å². The minimum absolute atomic E-state index is 0.00362. The van der Waals surface area contributed by atoms with Crippen molar-refractivity contribution in [2.75, 3.05) is 7.11 Å². The van der Waals surface area contributed by atoms with Gasteiger partial charge in [0.2, 0.25) is 5.91 Å². The van der Waals surface area contributed by atoms with E-state index in [1.807, 2.05) is 31.2 Å². The number of aliphatic carboxylic acids is 1. The first-order chi connectivity index (χ1) is 8.93. The molecule has 0 radical (unpaired) electrons. The highest BCUT2D eigenvalue weighted by atomic mass is 16.5. The second-order valence-electron chi connectivity index (χ2n) is 4.51. The first-order valence-electron chi connectivity index (χ1n) is 6.10. The summed E-state index contributed by atoms with van der Waals surface area (Å²) in [6.45, 7) is 3.36. The second kappa shape index (κ2) is 6.78. The largest absolute Gasteiger partial charge is 0.497 e. The minimum atomic E-state index is -1.04. The quantitative estimate of drug-likeness (QED) is 0.822. The van der Waals surface area contributed by atoms with Crippen LogP contribution in [-0.4, -0.2) is 30.1 Å². The van der Waals surface area contributed by atoms with Crippen molar-refractivity contribution in [1.82, 2.24) is 5.32 Å². The van der Waals surface area contributed by atoms with Gasteiger partial charge in [0.15, 0.2) is 0 Å². The summed E-state index contributed by atoms with van der Waals surface area (Å²) in [7, 11) is 1.59. The number of amides is 1. The molecule has 5 nitrogen and oxygen atoms in total. The average molecular weight is 265 g/mol. The maximum Gasteiger partial charge on any atom is 0.325 e. The number of carboxylic acids is 1. The van der Waals surface area contributed by atoms with Gasteiger partial charge in [-0.1, -0.05) is 19.1 Å². The number of carboxylic acid groups (broad SMARTS) is 1. The van der Waals surface area contributed by atoms with E-state index in [9.17, 15) is 9.59 Å². The number of hydrogen-bond donors (Lipinski definition) is 2. The van der Waals surface area contributed by atoms with Gasteiger partial charge in [0.1, 0.15) is 11.8 Å². The van der Waals surface area contributed by atoms with E-state index in [2.05, 4.69) is 5.32 Å². The maximum atomic E-state index is 11.7. The van der Waals surface area contributed by atoms with Crippen molar-refractivity contribution in [3.8, 4) is 5.75 Å². The Balaban J connectivity index is 2.61. The van der Waals surface area contributed by atoms with Gasteiger partial charge in [-0.25, -0.2) is 0 Å². The fourth-order valence-corrected chi connectivity index (χ4v) is 1.71. The molecule has 1 amide bonds. The van der Waals surface area contributed by atoms with Gasteiger partial charge in [0, 0.05) is 6.42 Å². The van der Waals surface area contributed by atoms with Crippen molar-refractivity contribution < 1.29 is 19.4 Å². The van der Waals surface area contributed by atoms with Crippen molar-refractivity contribution >= 4 is 11.9 Å². The van der Waals surface area contributed by atoms with E-state index in [0.717, 1.165) is 11.3 Å². The molecule has 5 heteroatoms. The maximum absolute atomic E-state index is 11.7. The molecule has 0 spiro atoms. The van der Waals surface area contributed by atoms with Gasteiger partial charge in [0.25, 0.3) is 0 Å². The van der Waals surface area contributed by atoms with Crippen molar-refractivity contribution in [1.29, 1.82) is 0 Å². The molecule has 1 aromatic rings. The van der Waals surface area contributed by atoms with Gasteiger partial charge in [0.05, 0.1) is 7.11 Å². The number of methoxy groups -OCH3 is 1. The molecule has 2 unspecified atom stereocenters. The third-order valence-electron chi connectivity index (χ3n) is 2.90. The van der Waals surface area contributed by atoms with Crippen molar-refractivity contribution in [3.63, 3.8) is 0 Å². The number of carbonyl (C=O) groups is 2. The minimum Gasteiger partial charge on any atom is -0.497 e. The molecule has 19 heavy (non-hydrogen) atoms. The molecule has 0 saturated carbocycles. The zero-order valence-corrected chi connectivity index (χ0v) is 11.3. The molecule has 0 aliphatic rings. The smallest absolute Gasteiger partial charge is 0.325 e. The lowest BCUT2D eigenvalue weighted by molar-refractivity contribution is -0.141. The highest BCUT2D eigenvalue weighted by Gasteiger charge is 2.17. The number of nitrogens with one attached hydrogen (secondary N) is 1. The zero-order valence-electron chi connectivity index (χ0n) is 11.3. The SMILES string of the molecule is COc1cccc(C(C)CC(=O)NC(C)C(=O)O)c1. The van der Waals surface area contributed by atoms with Crippen LogP contribution in [0, 0.1) is 0 Å². The fourth-order valence-electron chi connectivity index (χ4n) is 1.71. The average Bonchev–Trinajstić information content (AvgIpc) is 2.38. The highest BCUT2D eigenvalue weighted by Crippen LogP contribution is 2.23. The Morgan fingerprint density at radius 2 is 2.05 bits per heavy atom. The lowest BCUT2D eigenvalue weighted by atomic mass is 9.97. The monoisotopic (exact) mass is 265 g/mol. The summed E-state index contributed by atoms with van der Waals surface area (Å²) < 4.78 is 5.13. The number of benzene rings is 1. The first kappa shape index (κ1) is 15.0. The predicted molar refractivity (Wildman–Crippen MR) is 71.3 cm³/mol. The molecule has 0 heterocycles. The Labute approximate surface area is 112 Å². The summed E-state index contributed by atoms with van der Waals surface area (Å²) in [5, 5.41) is 11.2. The molecule has 0 aliphatic heterocycles. The summed E-state index contributed by atoms with van der Waals surface area (Å²) in [5.74, 6) is -0.577. The number of ether oxygens (including phenoxy) is 1. The second-order valence-corrected chi connectivity index (χ2v) is 4.51. The van der Waals surface area contributed by atoms with Crippen LogP contribution in [0.1, 0.15) is 31.7 Å². The Morgan fingerprint density at radius 1 is 1.37 bits per heavy atom. The van der Waals surface area contributed by atoms with Gasteiger partial charge < -0.3 is 15.2 Å². The molecule has 104 valence electrons. The van der Waals surface area contributed by atoms with Gasteiger partial charge in [-0.2, -0.15) is 0 Å². The molecule has 0 aliphatic carbocycles. The molecular weight excluding hydrogens is 246 g/mol. The molecule has 2 atom stereocenters. The molecule has 0 saturated heterocycles. The summed E-state index contributed by atoms with van der Waals surface area (Å²) in [6.07, 6.45) is 0.241. The third-order valence-corrected chi connectivity index (χ3v) is 2.90. The Morgan fingerprint density at radius 3 is 2.63 bits per heavy atom. The third kappa shape index (κ3) is 4.62. The molecule has 0 aromatic heterocycles. The normalized spacial score (nSPS) is 13.4. The van der Waals surface area contributed by atoms with E-state index in [4.69, 9.17) is 9.84 Å². The fraction of sp³-hybridized carbons (Fsp3) is 0.429. The lowest BCUT2D eigenvalue weighted by Gasteiger charge is -2.14. The summed E-state index contributed by atoms with van der Waals surface area (Å²) in [4.78, 5) is 22.3. The van der Waals surface area contributed by atoms with E-state index in [0.29, 0.717) is 0 Å². The molecular formula is C14H19NO4. The Hall–Kier alpha value is -2.04. The molecule has 2 N–H and O–H groups in total. The molecule has 1 rings (SSSR count). The van der Waals surface area contributed by atoms with Gasteiger partial charge >= 0.3 is 5.97 Å². The first-order valence-corrected chi connectivity index (χ1v) is 6.10. The highest BCUT2D eigenvalue weighted by molar-refractivity contribution is 5.83. The van der Waals surface area contributed by atoms with Crippen LogP contribution in [0.3, 0.4) is 0 Å². The number of carbonyl (C=O) groups excluding carboxylic acids is 1. The molecule has 0 fully saturated rings. The van der Waals surface area contributed by atoms with Crippen LogP contribution in [-0.2, 0) is 9.59 Å². The van der Waals surface area contributed by atoms with Gasteiger partial charge in [-0.3, -0.25) is 9.59 Å². The van der Waals surface area contributed by atoms with Crippen LogP contribution in [0.2, 0.25) is 0 Å². The Kier molecular flexibility index (Phi) is 5.36. The van der Waals surface area contributed by atoms with E-state index in [1.165, 1.54) is 6.92 Å². The van der Waals surface area contributed by atoms with E-state index >= 15 is 0 Å². The number of hydrogen-bond acceptors (Lipinski definition) is 3. The summed E-state index contributed by atoms with van der Waals surface area (Å²) in [5.41, 5.74) is 0.984. The van der Waals surface area contributed by atoms with Crippen LogP contribution in [0.4, 0.5) is 0 Å². The van der Waals surface area contributed by atoms with Crippen molar-refractivity contribution in [2.45, 2.75) is 32.2 Å². The zero-order chi connectivity index (χ0) is 14.4. The van der Waals surface area contributed by atoms with Crippen molar-refractivity contribution in [3.05, 3.63) is 29.8 Å². The van der Waals surface area contributed by atoms with E-state index in [1.54, 1.807) is 7.11 Å². The van der Waals surface area contributed by atoms with Crippen molar-refractivity contribution in [2.24, 2.45) is 0 Å². The standard InChI is InChI=1S/C14H19NO4/c1-9(7-13(16)15-10(2)14(17)18)11-5-4-6-12(8-11)19-3/h4-6,8-10H,7H2,1-3H3,(H,15,16)(H,17,18). The lowest BCUT2D eigenvalue weighted by Crippen LogP contribution is -2.38. The van der Waals surface area contributed by atoms with Crippen LogP contribution in [0.15, 0.2) is 24.3 Å². The van der Waals surface area contributed by atoms with Crippen LogP contribution in [0.5, 0.6) is 5.75 Å². The summed E-state index contributed by atoms with van der Waals surface area (Å²) in [6, 6.07) is 6.62. The van der Waals surface area contributed by atoms with E-state index in [-0.39, 0.29) is 18.2 Å².